The van der Waals surface area contributed by atoms with Gasteiger partial charge in [-0.3, -0.25) is 19.7 Å². The molecular formula is C22H19F2N3O4S. The van der Waals surface area contributed by atoms with Gasteiger partial charge in [0.15, 0.2) is 11.7 Å². The summed E-state index contributed by atoms with van der Waals surface area (Å²) in [5.74, 6) is -3.87. The van der Waals surface area contributed by atoms with Crippen LogP contribution < -0.4 is 10.6 Å². The van der Waals surface area contributed by atoms with Crippen molar-refractivity contribution in [2.24, 2.45) is 0 Å². The number of halogens is 2. The van der Waals surface area contributed by atoms with Crippen LogP contribution in [0.5, 0.6) is 0 Å². The third kappa shape index (κ3) is 6.42. The lowest BCUT2D eigenvalue weighted by Gasteiger charge is -2.07. The van der Waals surface area contributed by atoms with Crippen molar-refractivity contribution in [1.29, 1.82) is 0 Å². The lowest BCUT2D eigenvalue weighted by Crippen LogP contribution is -2.28. The first kappa shape index (κ1) is 23.0. The lowest BCUT2D eigenvalue weighted by molar-refractivity contribution is -0.147. The van der Waals surface area contributed by atoms with Gasteiger partial charge in [-0.25, -0.2) is 13.8 Å². The number of benzene rings is 2. The second-order valence-corrected chi connectivity index (χ2v) is 7.60. The van der Waals surface area contributed by atoms with Gasteiger partial charge >= 0.3 is 5.97 Å². The molecule has 0 saturated carbocycles. The van der Waals surface area contributed by atoms with Crippen LogP contribution in [0.2, 0.25) is 0 Å². The standard InChI is InChI=1S/C22H19F2N3O4S/c1-13-2-4-14(5-3-13)18-12-32-22(26-18)27-19(28)11-31-20(29)8-9-25-21(30)16-7-6-15(23)10-17(16)24/h2-7,10,12H,8-9,11H2,1H3,(H,25,30)(H,26,27,28). The maximum absolute atomic E-state index is 13.5. The van der Waals surface area contributed by atoms with Gasteiger partial charge in [0.05, 0.1) is 17.7 Å². The molecule has 1 heterocycles. The first-order chi connectivity index (χ1) is 15.3. The van der Waals surface area contributed by atoms with E-state index in [4.69, 9.17) is 4.74 Å². The van der Waals surface area contributed by atoms with Crippen molar-refractivity contribution in [3.8, 4) is 11.3 Å². The Morgan fingerprint density at radius 3 is 2.56 bits per heavy atom. The Labute approximate surface area is 186 Å². The monoisotopic (exact) mass is 459 g/mol. The number of aromatic nitrogens is 1. The quantitative estimate of drug-likeness (QED) is 0.501. The van der Waals surface area contributed by atoms with E-state index < -0.39 is 36.0 Å². The predicted octanol–water partition coefficient (Wildman–Crippen LogP) is 3.70. The summed E-state index contributed by atoms with van der Waals surface area (Å²) in [6.07, 6.45) is -0.226. The summed E-state index contributed by atoms with van der Waals surface area (Å²) >= 11 is 1.24. The van der Waals surface area contributed by atoms with E-state index in [0.29, 0.717) is 11.2 Å². The van der Waals surface area contributed by atoms with Crippen LogP contribution in [0.3, 0.4) is 0 Å². The maximum Gasteiger partial charge on any atom is 0.308 e. The Bertz CT molecular complexity index is 1130. The molecule has 2 amide bonds. The van der Waals surface area contributed by atoms with Crippen molar-refractivity contribution < 1.29 is 27.9 Å². The third-order valence-electron chi connectivity index (χ3n) is 4.25. The van der Waals surface area contributed by atoms with Gasteiger partial charge in [0.2, 0.25) is 0 Å². The molecule has 3 aromatic rings. The number of aryl methyl sites for hydroxylation is 1. The van der Waals surface area contributed by atoms with Gasteiger partial charge in [-0.2, -0.15) is 0 Å². The van der Waals surface area contributed by atoms with Crippen LogP contribution in [-0.2, 0) is 14.3 Å². The normalized spacial score (nSPS) is 10.5. The van der Waals surface area contributed by atoms with Gasteiger partial charge in [-0.05, 0) is 19.1 Å². The number of nitrogens with one attached hydrogen (secondary N) is 2. The highest BCUT2D eigenvalue weighted by atomic mass is 32.1. The average Bonchev–Trinajstić information content (AvgIpc) is 3.21. The number of thiazole rings is 1. The Morgan fingerprint density at radius 2 is 1.84 bits per heavy atom. The molecule has 0 atom stereocenters. The van der Waals surface area contributed by atoms with Crippen LogP contribution in [0.25, 0.3) is 11.3 Å². The third-order valence-corrected chi connectivity index (χ3v) is 5.01. The number of hydrogen-bond acceptors (Lipinski definition) is 6. The molecule has 2 aromatic carbocycles. The van der Waals surface area contributed by atoms with Gasteiger partial charge in [0, 0.05) is 23.6 Å². The molecule has 0 radical (unpaired) electrons. The number of hydrogen-bond donors (Lipinski definition) is 2. The molecule has 10 heteroatoms. The lowest BCUT2D eigenvalue weighted by atomic mass is 10.1. The molecule has 2 N–H and O–H groups in total. The number of rotatable bonds is 8. The minimum Gasteiger partial charge on any atom is -0.456 e. The van der Waals surface area contributed by atoms with Crippen LogP contribution in [0.15, 0.2) is 47.8 Å². The van der Waals surface area contributed by atoms with E-state index in [9.17, 15) is 23.2 Å². The Balaban J connectivity index is 1.39. The highest BCUT2D eigenvalue weighted by Gasteiger charge is 2.14. The van der Waals surface area contributed by atoms with Crippen molar-refractivity contribution in [3.05, 3.63) is 70.6 Å². The van der Waals surface area contributed by atoms with Gasteiger partial charge in [0.1, 0.15) is 11.6 Å². The predicted molar refractivity (Wildman–Crippen MR) is 115 cm³/mol. The summed E-state index contributed by atoms with van der Waals surface area (Å²) in [6, 6.07) is 10.3. The Hall–Kier alpha value is -3.66. The highest BCUT2D eigenvalue weighted by molar-refractivity contribution is 7.14. The number of esters is 1. The molecule has 0 unspecified atom stereocenters. The first-order valence-electron chi connectivity index (χ1n) is 9.53. The topological polar surface area (TPSA) is 97.4 Å². The highest BCUT2D eigenvalue weighted by Crippen LogP contribution is 2.25. The molecule has 32 heavy (non-hydrogen) atoms. The molecule has 0 fully saturated rings. The summed E-state index contributed by atoms with van der Waals surface area (Å²) in [7, 11) is 0. The van der Waals surface area contributed by atoms with Crippen molar-refractivity contribution in [1.82, 2.24) is 10.3 Å². The van der Waals surface area contributed by atoms with E-state index in [0.717, 1.165) is 29.0 Å². The zero-order chi connectivity index (χ0) is 23.1. The van der Waals surface area contributed by atoms with Crippen LogP contribution in [0, 0.1) is 18.6 Å². The van der Waals surface area contributed by atoms with Crippen molar-refractivity contribution in [3.63, 3.8) is 0 Å². The molecule has 3 rings (SSSR count). The van der Waals surface area contributed by atoms with Crippen LogP contribution in [0.1, 0.15) is 22.3 Å². The fraction of sp³-hybridized carbons (Fsp3) is 0.182. The molecule has 0 saturated heterocycles. The van der Waals surface area contributed by atoms with Crippen molar-refractivity contribution >= 4 is 34.3 Å². The molecule has 0 bridgehead atoms. The minimum absolute atomic E-state index is 0.136. The Kier molecular flexibility index (Phi) is 7.61. The smallest absolute Gasteiger partial charge is 0.308 e. The molecule has 166 valence electrons. The van der Waals surface area contributed by atoms with Gasteiger partial charge < -0.3 is 10.1 Å². The largest absolute Gasteiger partial charge is 0.456 e. The van der Waals surface area contributed by atoms with Gasteiger partial charge in [-0.1, -0.05) is 29.8 Å². The minimum atomic E-state index is -1.01. The average molecular weight is 459 g/mol. The summed E-state index contributed by atoms with van der Waals surface area (Å²) in [4.78, 5) is 39.9. The number of ether oxygens (including phenoxy) is 1. The van der Waals surface area contributed by atoms with Gasteiger partial charge in [0.25, 0.3) is 11.8 Å². The van der Waals surface area contributed by atoms with Crippen LogP contribution in [-0.4, -0.2) is 35.9 Å². The number of carbonyl (C=O) groups excluding carboxylic acids is 3. The fourth-order valence-corrected chi connectivity index (χ4v) is 3.34. The summed E-state index contributed by atoms with van der Waals surface area (Å²) in [5, 5.41) is 7.06. The number of amides is 2. The summed E-state index contributed by atoms with van der Waals surface area (Å²) in [5.41, 5.74) is 2.42. The molecule has 0 aliphatic heterocycles. The Morgan fingerprint density at radius 1 is 1.09 bits per heavy atom. The maximum atomic E-state index is 13.5. The first-order valence-corrected chi connectivity index (χ1v) is 10.4. The zero-order valence-electron chi connectivity index (χ0n) is 17.0. The van der Waals surface area contributed by atoms with Crippen molar-refractivity contribution in [2.45, 2.75) is 13.3 Å². The van der Waals surface area contributed by atoms with E-state index in [1.165, 1.54) is 11.3 Å². The SMILES string of the molecule is Cc1ccc(-c2csc(NC(=O)COC(=O)CCNC(=O)c3ccc(F)cc3F)n2)cc1. The zero-order valence-corrected chi connectivity index (χ0v) is 17.8. The molecule has 7 nitrogen and oxygen atoms in total. The van der Waals surface area contributed by atoms with Crippen LogP contribution >= 0.6 is 11.3 Å². The number of carbonyl (C=O) groups is 3. The number of anilines is 1. The molecule has 0 aliphatic carbocycles. The number of nitrogens with zero attached hydrogens (tertiary/aromatic N) is 1. The fourth-order valence-electron chi connectivity index (χ4n) is 2.61. The van der Waals surface area contributed by atoms with E-state index in [1.807, 2.05) is 31.2 Å². The van der Waals surface area contributed by atoms with E-state index in [2.05, 4.69) is 15.6 Å². The van der Waals surface area contributed by atoms with E-state index >= 15 is 0 Å². The second-order valence-electron chi connectivity index (χ2n) is 6.74. The molecular weight excluding hydrogens is 440 g/mol. The molecule has 0 aliphatic rings. The molecule has 1 aromatic heterocycles. The van der Waals surface area contributed by atoms with E-state index in [1.54, 1.807) is 5.38 Å². The summed E-state index contributed by atoms with van der Waals surface area (Å²) in [6.45, 7) is 1.33. The van der Waals surface area contributed by atoms with Crippen molar-refractivity contribution in [2.75, 3.05) is 18.5 Å². The second kappa shape index (κ2) is 10.6. The van der Waals surface area contributed by atoms with E-state index in [-0.39, 0.29) is 18.5 Å². The summed E-state index contributed by atoms with van der Waals surface area (Å²) < 4.78 is 31.3. The van der Waals surface area contributed by atoms with Gasteiger partial charge in [-0.15, -0.1) is 11.3 Å². The molecule has 0 spiro atoms. The van der Waals surface area contributed by atoms with Crippen LogP contribution in [0.4, 0.5) is 13.9 Å².